The minimum absolute atomic E-state index is 0.139. The average molecular weight is 355 g/mol. The molecule has 1 aliphatic heterocycles. The van der Waals surface area contributed by atoms with E-state index in [2.05, 4.69) is 10.3 Å². The van der Waals surface area contributed by atoms with Crippen LogP contribution in [0.5, 0.6) is 5.75 Å². The van der Waals surface area contributed by atoms with Crippen molar-refractivity contribution in [1.29, 1.82) is 0 Å². The monoisotopic (exact) mass is 355 g/mol. The van der Waals surface area contributed by atoms with Gasteiger partial charge in [0.15, 0.2) is 12.9 Å². The van der Waals surface area contributed by atoms with Gasteiger partial charge in [-0.25, -0.2) is 4.99 Å². The van der Waals surface area contributed by atoms with Gasteiger partial charge in [-0.1, -0.05) is 19.1 Å². The summed E-state index contributed by atoms with van der Waals surface area (Å²) in [6, 6.07) is 6.22. The molecule has 0 saturated carbocycles. The van der Waals surface area contributed by atoms with Crippen LogP contribution >= 0.6 is 0 Å². The van der Waals surface area contributed by atoms with Gasteiger partial charge in [-0.3, -0.25) is 4.79 Å². The topological polar surface area (TPSA) is 53.9 Å². The number of carbonyl (C=O) groups excluding carboxylic acids is 1. The number of nitrogens with one attached hydrogen (secondary N) is 1. The Bertz CT molecular complexity index is 659. The van der Waals surface area contributed by atoms with E-state index in [0.29, 0.717) is 6.42 Å². The third kappa shape index (κ3) is 5.51. The molecule has 2 atom stereocenters. The Morgan fingerprint density at radius 1 is 1.44 bits per heavy atom. The lowest BCUT2D eigenvalue weighted by molar-refractivity contribution is -0.153. The summed E-state index contributed by atoms with van der Waals surface area (Å²) in [4.78, 5) is 17.7. The summed E-state index contributed by atoms with van der Waals surface area (Å²) in [5, 5.41) is 2.79. The lowest BCUT2D eigenvalue weighted by atomic mass is 10.1. The molecule has 25 heavy (non-hydrogen) atoms. The van der Waals surface area contributed by atoms with Crippen LogP contribution in [-0.4, -0.2) is 36.1 Å². The first-order chi connectivity index (χ1) is 11.8. The summed E-state index contributed by atoms with van der Waals surface area (Å²) < 4.78 is 41.7. The van der Waals surface area contributed by atoms with Crippen LogP contribution in [0.3, 0.4) is 0 Å². The first kappa shape index (κ1) is 18.8. The predicted octanol–water partition coefficient (Wildman–Crippen LogP) is 3.40. The second kappa shape index (κ2) is 8.04. The summed E-state index contributed by atoms with van der Waals surface area (Å²) in [6.45, 7) is 2.28. The maximum atomic E-state index is 12.3. The number of hydrogen-bond donors (Lipinski definition) is 1. The van der Waals surface area contributed by atoms with Gasteiger partial charge in [-0.2, -0.15) is 13.2 Å². The lowest BCUT2D eigenvalue weighted by Gasteiger charge is -2.35. The van der Waals surface area contributed by atoms with Crippen LogP contribution in [0.25, 0.3) is 0 Å². The Morgan fingerprint density at radius 3 is 2.88 bits per heavy atom. The van der Waals surface area contributed by atoms with Gasteiger partial charge in [0.1, 0.15) is 5.75 Å². The highest BCUT2D eigenvalue weighted by Crippen LogP contribution is 2.27. The molecule has 0 fully saturated rings. The quantitative estimate of drug-likeness (QED) is 0.851. The van der Waals surface area contributed by atoms with Crippen LogP contribution in [0.4, 0.5) is 13.2 Å². The highest BCUT2D eigenvalue weighted by molar-refractivity contribution is 5.77. The molecule has 8 heteroatoms. The largest absolute Gasteiger partial charge is 0.484 e. The number of halogens is 3. The Morgan fingerprint density at radius 2 is 2.20 bits per heavy atom. The van der Waals surface area contributed by atoms with E-state index in [1.165, 1.54) is 6.07 Å². The first-order valence-electron chi connectivity index (χ1n) is 7.86. The van der Waals surface area contributed by atoms with Crippen molar-refractivity contribution < 1.29 is 22.7 Å². The van der Waals surface area contributed by atoms with E-state index in [0.717, 1.165) is 5.56 Å². The van der Waals surface area contributed by atoms with Crippen molar-refractivity contribution in [3.8, 4) is 5.75 Å². The van der Waals surface area contributed by atoms with E-state index in [4.69, 9.17) is 4.74 Å². The van der Waals surface area contributed by atoms with E-state index < -0.39 is 19.1 Å². The second-order valence-electron chi connectivity index (χ2n) is 5.53. The van der Waals surface area contributed by atoms with E-state index >= 15 is 0 Å². The number of allylic oxidation sites excluding steroid dienone is 1. The number of amides is 1. The summed E-state index contributed by atoms with van der Waals surface area (Å²) >= 11 is 0. The zero-order valence-corrected chi connectivity index (χ0v) is 14.0. The molecule has 2 unspecified atom stereocenters. The minimum Gasteiger partial charge on any atom is -0.484 e. The lowest BCUT2D eigenvalue weighted by Crippen LogP contribution is -2.46. The van der Waals surface area contributed by atoms with Crippen molar-refractivity contribution in [1.82, 2.24) is 10.2 Å². The number of rotatable bonds is 6. The number of nitrogens with zero attached hydrogens (tertiary/aromatic N) is 2. The van der Waals surface area contributed by atoms with Crippen molar-refractivity contribution in [3.63, 3.8) is 0 Å². The smallest absolute Gasteiger partial charge is 0.422 e. The highest BCUT2D eigenvalue weighted by Gasteiger charge is 2.29. The Hall–Kier alpha value is -2.51. The zero-order valence-electron chi connectivity index (χ0n) is 14.0. The van der Waals surface area contributed by atoms with Gasteiger partial charge in [0.25, 0.3) is 0 Å². The van der Waals surface area contributed by atoms with Crippen molar-refractivity contribution in [3.05, 3.63) is 42.1 Å². The highest BCUT2D eigenvalue weighted by atomic mass is 19.4. The first-order valence-corrected chi connectivity index (χ1v) is 7.86. The van der Waals surface area contributed by atoms with E-state index in [1.54, 1.807) is 43.6 Å². The zero-order chi connectivity index (χ0) is 18.4. The van der Waals surface area contributed by atoms with Crippen LogP contribution in [0.15, 0.2) is 41.5 Å². The third-order valence-corrected chi connectivity index (χ3v) is 3.66. The molecule has 2 rings (SSSR count). The maximum absolute atomic E-state index is 12.3. The second-order valence-corrected chi connectivity index (χ2v) is 5.53. The fourth-order valence-electron chi connectivity index (χ4n) is 2.33. The molecule has 1 aliphatic rings. The number of ether oxygens (including phenoxy) is 1. The standard InChI is InChI=1S/C17H20F3N3O2/c1-3-15(24)22-16-21-8-5-9-23(16)12(2)13-6-4-7-14(10-13)25-11-17(18,19)20/h4-10,12,16H,3,11H2,1-2H3,(H,22,24). The van der Waals surface area contributed by atoms with Crippen LogP contribution < -0.4 is 10.1 Å². The number of aliphatic imine (C=N–C) groups is 1. The van der Waals surface area contributed by atoms with Crippen LogP contribution in [-0.2, 0) is 4.79 Å². The SMILES string of the molecule is CCC(=O)NC1N=CC=CN1C(C)c1cccc(OCC(F)(F)F)c1. The molecule has 5 nitrogen and oxygen atoms in total. The summed E-state index contributed by atoms with van der Waals surface area (Å²) in [7, 11) is 0. The number of carbonyl (C=O) groups is 1. The minimum atomic E-state index is -4.39. The third-order valence-electron chi connectivity index (χ3n) is 3.66. The van der Waals surface area contributed by atoms with Crippen LogP contribution in [0, 0.1) is 0 Å². The normalized spacial score (nSPS) is 18.1. The molecule has 0 radical (unpaired) electrons. The molecule has 0 bridgehead atoms. The van der Waals surface area contributed by atoms with Crippen molar-refractivity contribution in [2.75, 3.05) is 6.61 Å². The molecular weight excluding hydrogens is 335 g/mol. The van der Waals surface area contributed by atoms with Crippen LogP contribution in [0.2, 0.25) is 0 Å². The van der Waals surface area contributed by atoms with Gasteiger partial charge in [-0.15, -0.1) is 0 Å². The number of hydrogen-bond acceptors (Lipinski definition) is 4. The van der Waals surface area contributed by atoms with Gasteiger partial charge >= 0.3 is 6.18 Å². The van der Waals surface area contributed by atoms with Crippen molar-refractivity contribution in [2.45, 2.75) is 38.8 Å². The fourth-order valence-corrected chi connectivity index (χ4v) is 2.33. The van der Waals surface area contributed by atoms with Gasteiger partial charge in [0.2, 0.25) is 5.91 Å². The molecule has 1 aromatic rings. The molecule has 0 aromatic heterocycles. The van der Waals surface area contributed by atoms with E-state index in [1.807, 2.05) is 11.8 Å². The molecule has 136 valence electrons. The fraction of sp³-hybridized carbons (Fsp3) is 0.412. The number of benzene rings is 1. The van der Waals surface area contributed by atoms with Crippen molar-refractivity contribution >= 4 is 12.1 Å². The molecule has 0 aliphatic carbocycles. The molecule has 0 saturated heterocycles. The predicted molar refractivity (Wildman–Crippen MR) is 88.1 cm³/mol. The molecule has 0 spiro atoms. The summed E-state index contributed by atoms with van der Waals surface area (Å²) in [6.07, 6.45) is 0.482. The Kier molecular flexibility index (Phi) is 6.06. The van der Waals surface area contributed by atoms with Crippen molar-refractivity contribution in [2.24, 2.45) is 4.99 Å². The molecule has 1 heterocycles. The molecule has 1 N–H and O–H groups in total. The Balaban J connectivity index is 2.12. The Labute approximate surface area is 144 Å². The average Bonchev–Trinajstić information content (AvgIpc) is 2.59. The van der Waals surface area contributed by atoms with E-state index in [-0.39, 0.29) is 17.7 Å². The summed E-state index contributed by atoms with van der Waals surface area (Å²) in [5.74, 6) is -0.00257. The maximum Gasteiger partial charge on any atom is 0.422 e. The van der Waals surface area contributed by atoms with Gasteiger partial charge in [-0.05, 0) is 30.7 Å². The van der Waals surface area contributed by atoms with Gasteiger partial charge in [0.05, 0.1) is 6.04 Å². The van der Waals surface area contributed by atoms with Crippen LogP contribution in [0.1, 0.15) is 31.9 Å². The number of alkyl halides is 3. The molecule has 1 amide bonds. The van der Waals surface area contributed by atoms with Gasteiger partial charge < -0.3 is 15.0 Å². The molecular formula is C17H20F3N3O2. The van der Waals surface area contributed by atoms with Gasteiger partial charge in [0, 0.05) is 18.8 Å². The molecule has 1 aromatic carbocycles. The summed E-state index contributed by atoms with van der Waals surface area (Å²) in [5.41, 5.74) is 0.747. The van der Waals surface area contributed by atoms with E-state index in [9.17, 15) is 18.0 Å².